The van der Waals surface area contributed by atoms with E-state index in [1.807, 2.05) is 30.3 Å². The van der Waals surface area contributed by atoms with Crippen molar-refractivity contribution >= 4 is 17.2 Å². The summed E-state index contributed by atoms with van der Waals surface area (Å²) in [6.07, 6.45) is 3.39. The fourth-order valence-electron chi connectivity index (χ4n) is 2.92. The lowest BCUT2D eigenvalue weighted by atomic mass is 10.00. The predicted molar refractivity (Wildman–Crippen MR) is 99.3 cm³/mol. The molecule has 0 saturated carbocycles. The Morgan fingerprint density at radius 1 is 1.27 bits per heavy atom. The van der Waals surface area contributed by atoms with E-state index in [0.29, 0.717) is 11.4 Å². The number of ether oxygens (including phenoxy) is 2. The molecule has 26 heavy (non-hydrogen) atoms. The Labute approximate surface area is 152 Å². The largest absolute Gasteiger partial charge is 0.478 e. The number of aliphatic carboxylic acids is 1. The number of carboxylic acids is 1. The third kappa shape index (κ3) is 4.21. The first kappa shape index (κ1) is 17.9. The van der Waals surface area contributed by atoms with Crippen molar-refractivity contribution in [2.75, 3.05) is 31.2 Å². The molecule has 1 fully saturated rings. The molecule has 0 amide bonds. The molecule has 3 rings (SSSR count). The van der Waals surface area contributed by atoms with Crippen LogP contribution in [0.2, 0.25) is 0 Å². The van der Waals surface area contributed by atoms with Crippen molar-refractivity contribution in [3.63, 3.8) is 0 Å². The smallest absolute Gasteiger partial charge is 0.335 e. The minimum Gasteiger partial charge on any atom is -0.478 e. The van der Waals surface area contributed by atoms with Crippen molar-refractivity contribution in [3.8, 4) is 5.88 Å². The van der Waals surface area contributed by atoms with Crippen LogP contribution in [0.5, 0.6) is 5.88 Å². The second kappa shape index (κ2) is 8.49. The van der Waals surface area contributed by atoms with E-state index in [-0.39, 0.29) is 12.2 Å². The van der Waals surface area contributed by atoms with Crippen molar-refractivity contribution in [2.24, 2.45) is 0 Å². The molecule has 0 radical (unpaired) electrons. The van der Waals surface area contributed by atoms with Crippen molar-refractivity contribution in [1.82, 2.24) is 4.98 Å². The Kier molecular flexibility index (Phi) is 5.86. The van der Waals surface area contributed by atoms with Gasteiger partial charge in [0.25, 0.3) is 0 Å². The fraction of sp³-hybridized carbons (Fsp3) is 0.300. The zero-order valence-corrected chi connectivity index (χ0v) is 14.7. The molecule has 0 atom stereocenters. The van der Waals surface area contributed by atoms with Crippen LogP contribution in [0.1, 0.15) is 18.1 Å². The van der Waals surface area contributed by atoms with E-state index in [1.165, 1.54) is 0 Å². The Morgan fingerprint density at radius 2 is 2.04 bits per heavy atom. The third-order valence-corrected chi connectivity index (χ3v) is 4.30. The first-order chi connectivity index (χ1) is 12.7. The first-order valence-electron chi connectivity index (χ1n) is 8.58. The number of hydrogen-bond donors (Lipinski definition) is 1. The number of carboxylic acid groups (broad SMARTS) is 1. The van der Waals surface area contributed by atoms with Crippen molar-refractivity contribution in [2.45, 2.75) is 13.5 Å². The summed E-state index contributed by atoms with van der Waals surface area (Å²) in [5.41, 5.74) is 2.78. The number of nitrogens with zero attached hydrogens (tertiary/aromatic N) is 2. The zero-order chi connectivity index (χ0) is 18.4. The van der Waals surface area contributed by atoms with E-state index >= 15 is 0 Å². The minimum absolute atomic E-state index is 0.255. The van der Waals surface area contributed by atoms with Gasteiger partial charge in [0.05, 0.1) is 30.7 Å². The number of benzene rings is 1. The predicted octanol–water partition coefficient (Wildman–Crippen LogP) is 2.99. The van der Waals surface area contributed by atoms with Crippen LogP contribution in [-0.4, -0.2) is 42.4 Å². The number of rotatable bonds is 6. The topological polar surface area (TPSA) is 71.9 Å². The Bertz CT molecular complexity index is 781. The second-order valence-electron chi connectivity index (χ2n) is 5.91. The van der Waals surface area contributed by atoms with E-state index < -0.39 is 5.97 Å². The number of aromatic nitrogens is 1. The lowest BCUT2D eigenvalue weighted by Crippen LogP contribution is -2.36. The standard InChI is InChI=1S/C20H22N2O4/c1-2-17(20(23)24)18-6-4-3-5-15(18)14-26-19-8-7-16(13-21-19)22-9-11-25-12-10-22/h2-8,13H,9-12,14H2,1H3,(H,23,24). The average Bonchev–Trinajstić information content (AvgIpc) is 2.68. The molecule has 0 aliphatic carbocycles. The van der Waals surface area contributed by atoms with Crippen LogP contribution in [0.3, 0.4) is 0 Å². The summed E-state index contributed by atoms with van der Waals surface area (Å²) in [4.78, 5) is 18.0. The Morgan fingerprint density at radius 3 is 2.69 bits per heavy atom. The zero-order valence-electron chi connectivity index (χ0n) is 14.7. The highest BCUT2D eigenvalue weighted by molar-refractivity contribution is 6.15. The summed E-state index contributed by atoms with van der Waals surface area (Å²) in [5.74, 6) is -0.442. The van der Waals surface area contributed by atoms with E-state index in [9.17, 15) is 9.90 Å². The van der Waals surface area contributed by atoms with Gasteiger partial charge in [-0.3, -0.25) is 0 Å². The highest BCUT2D eigenvalue weighted by atomic mass is 16.5. The van der Waals surface area contributed by atoms with Crippen LogP contribution in [0.25, 0.3) is 5.57 Å². The fourth-order valence-corrected chi connectivity index (χ4v) is 2.92. The first-order valence-corrected chi connectivity index (χ1v) is 8.58. The quantitative estimate of drug-likeness (QED) is 0.804. The van der Waals surface area contributed by atoms with Crippen LogP contribution in [0.15, 0.2) is 48.7 Å². The molecule has 1 saturated heterocycles. The molecule has 136 valence electrons. The molecular formula is C20H22N2O4. The molecule has 0 bridgehead atoms. The molecule has 1 aliphatic rings. The van der Waals surface area contributed by atoms with Gasteiger partial charge in [-0.05, 0) is 24.1 Å². The van der Waals surface area contributed by atoms with Gasteiger partial charge in [0.15, 0.2) is 0 Å². The van der Waals surface area contributed by atoms with Gasteiger partial charge in [-0.25, -0.2) is 9.78 Å². The molecule has 1 N–H and O–H groups in total. The highest BCUT2D eigenvalue weighted by Gasteiger charge is 2.14. The number of anilines is 1. The van der Waals surface area contributed by atoms with Gasteiger partial charge >= 0.3 is 5.97 Å². The van der Waals surface area contributed by atoms with Crippen LogP contribution >= 0.6 is 0 Å². The second-order valence-corrected chi connectivity index (χ2v) is 5.91. The van der Waals surface area contributed by atoms with Crippen LogP contribution < -0.4 is 9.64 Å². The number of allylic oxidation sites excluding steroid dienone is 1. The lowest BCUT2D eigenvalue weighted by molar-refractivity contribution is -0.130. The Balaban J connectivity index is 1.69. The number of hydrogen-bond acceptors (Lipinski definition) is 5. The van der Waals surface area contributed by atoms with Gasteiger partial charge in [-0.2, -0.15) is 0 Å². The van der Waals surface area contributed by atoms with E-state index in [0.717, 1.165) is 37.6 Å². The van der Waals surface area contributed by atoms with Crippen LogP contribution in [0, 0.1) is 0 Å². The summed E-state index contributed by atoms with van der Waals surface area (Å²) in [5, 5.41) is 9.36. The van der Waals surface area contributed by atoms with Crippen molar-refractivity contribution in [3.05, 3.63) is 59.8 Å². The van der Waals surface area contributed by atoms with Crippen molar-refractivity contribution in [1.29, 1.82) is 0 Å². The molecule has 0 unspecified atom stereocenters. The molecule has 6 heteroatoms. The normalized spacial score (nSPS) is 15.0. The van der Waals surface area contributed by atoms with Crippen LogP contribution in [0.4, 0.5) is 5.69 Å². The van der Waals surface area contributed by atoms with Gasteiger partial charge in [0, 0.05) is 19.2 Å². The van der Waals surface area contributed by atoms with Crippen molar-refractivity contribution < 1.29 is 19.4 Å². The summed E-state index contributed by atoms with van der Waals surface area (Å²) in [6, 6.07) is 11.2. The highest BCUT2D eigenvalue weighted by Crippen LogP contribution is 2.22. The van der Waals surface area contributed by atoms with E-state index in [1.54, 1.807) is 25.3 Å². The van der Waals surface area contributed by atoms with Gasteiger partial charge in [0.1, 0.15) is 6.61 Å². The molecular weight excluding hydrogens is 332 g/mol. The SMILES string of the molecule is CC=C(C(=O)O)c1ccccc1COc1ccc(N2CCOCC2)cn1. The molecule has 1 aromatic heterocycles. The molecule has 6 nitrogen and oxygen atoms in total. The van der Waals surface area contributed by atoms with E-state index in [2.05, 4.69) is 9.88 Å². The maximum absolute atomic E-state index is 11.4. The van der Waals surface area contributed by atoms with Gasteiger partial charge in [0.2, 0.25) is 5.88 Å². The van der Waals surface area contributed by atoms with E-state index in [4.69, 9.17) is 9.47 Å². The molecule has 0 spiro atoms. The monoisotopic (exact) mass is 354 g/mol. The number of pyridine rings is 1. The van der Waals surface area contributed by atoms with Crippen LogP contribution in [-0.2, 0) is 16.1 Å². The molecule has 2 aromatic rings. The molecule has 2 heterocycles. The van der Waals surface area contributed by atoms with Gasteiger partial charge < -0.3 is 19.5 Å². The number of morpholine rings is 1. The maximum atomic E-state index is 11.4. The summed E-state index contributed by atoms with van der Waals surface area (Å²) in [6.45, 7) is 5.14. The molecule has 1 aromatic carbocycles. The third-order valence-electron chi connectivity index (χ3n) is 4.30. The maximum Gasteiger partial charge on any atom is 0.335 e. The lowest BCUT2D eigenvalue weighted by Gasteiger charge is -2.28. The Hall–Kier alpha value is -2.86. The van der Waals surface area contributed by atoms with Gasteiger partial charge in [-0.15, -0.1) is 0 Å². The minimum atomic E-state index is -0.951. The summed E-state index contributed by atoms with van der Waals surface area (Å²) >= 11 is 0. The summed E-state index contributed by atoms with van der Waals surface area (Å²) in [7, 11) is 0. The molecule has 1 aliphatic heterocycles. The average molecular weight is 354 g/mol. The van der Waals surface area contributed by atoms with Gasteiger partial charge in [-0.1, -0.05) is 30.3 Å². The number of carbonyl (C=O) groups is 1. The summed E-state index contributed by atoms with van der Waals surface area (Å²) < 4.78 is 11.1.